The van der Waals surface area contributed by atoms with Crippen molar-refractivity contribution in [3.8, 4) is 5.75 Å². The van der Waals surface area contributed by atoms with Gasteiger partial charge in [0, 0.05) is 45.2 Å². The Labute approximate surface area is 136 Å². The molecule has 1 aromatic rings. The first-order chi connectivity index (χ1) is 11.1. The van der Waals surface area contributed by atoms with Crippen molar-refractivity contribution in [1.29, 1.82) is 0 Å². The summed E-state index contributed by atoms with van der Waals surface area (Å²) in [7, 11) is 3.07. The molecule has 2 heterocycles. The Morgan fingerprint density at radius 1 is 1.30 bits per heavy atom. The van der Waals surface area contributed by atoms with Crippen molar-refractivity contribution in [3.05, 3.63) is 29.6 Å². The van der Waals surface area contributed by atoms with Gasteiger partial charge in [0.15, 0.2) is 11.6 Å². The Hall–Kier alpha value is -1.66. The minimum absolute atomic E-state index is 0.164. The number of halogens is 1. The van der Waals surface area contributed by atoms with E-state index in [0.29, 0.717) is 31.5 Å². The van der Waals surface area contributed by atoms with Crippen LogP contribution in [0.4, 0.5) is 4.39 Å². The Bertz CT molecular complexity index is 581. The molecular weight excluding hydrogens is 299 g/mol. The van der Waals surface area contributed by atoms with Crippen LogP contribution in [0.3, 0.4) is 0 Å². The van der Waals surface area contributed by atoms with Crippen molar-refractivity contribution >= 4 is 5.91 Å². The highest BCUT2D eigenvalue weighted by atomic mass is 19.1. The topological polar surface area (TPSA) is 42.0 Å². The average Bonchev–Trinajstić information content (AvgIpc) is 2.88. The maximum absolute atomic E-state index is 13.8. The van der Waals surface area contributed by atoms with Crippen molar-refractivity contribution in [3.63, 3.8) is 0 Å². The van der Waals surface area contributed by atoms with Crippen molar-refractivity contribution in [2.24, 2.45) is 5.92 Å². The highest BCUT2D eigenvalue weighted by Gasteiger charge is 2.46. The molecule has 0 bridgehead atoms. The second-order valence-corrected chi connectivity index (χ2v) is 6.27. The zero-order chi connectivity index (χ0) is 16.4. The first-order valence-electron chi connectivity index (χ1n) is 7.95. The summed E-state index contributed by atoms with van der Waals surface area (Å²) < 4.78 is 23.7. The largest absolute Gasteiger partial charge is 0.494 e. The fraction of sp³-hybridized carbons (Fsp3) is 0.588. The van der Waals surface area contributed by atoms with E-state index in [4.69, 9.17) is 9.47 Å². The molecule has 0 unspecified atom stereocenters. The summed E-state index contributed by atoms with van der Waals surface area (Å²) in [6, 6.07) is 5.48. The predicted molar refractivity (Wildman–Crippen MR) is 83.7 cm³/mol. The number of hydrogen-bond donors (Lipinski definition) is 0. The van der Waals surface area contributed by atoms with E-state index in [1.165, 1.54) is 13.2 Å². The first kappa shape index (κ1) is 16.2. The van der Waals surface area contributed by atoms with Gasteiger partial charge in [-0.05, 0) is 17.7 Å². The summed E-state index contributed by atoms with van der Waals surface area (Å²) in [6.45, 7) is 3.75. The molecule has 5 nitrogen and oxygen atoms in total. The van der Waals surface area contributed by atoms with Crippen molar-refractivity contribution < 1.29 is 18.7 Å². The van der Waals surface area contributed by atoms with Gasteiger partial charge in [0.2, 0.25) is 5.91 Å². The van der Waals surface area contributed by atoms with Crippen LogP contribution < -0.4 is 4.74 Å². The SMILES string of the molecule is COCCC(=O)N1C[C@@H]2CN(Cc3ccc(OC)c(F)c3)[C@H]2C1. The molecule has 2 atom stereocenters. The van der Waals surface area contributed by atoms with Crippen LogP contribution in [0.5, 0.6) is 5.75 Å². The molecule has 3 rings (SSSR count). The molecule has 2 aliphatic heterocycles. The highest BCUT2D eigenvalue weighted by Crippen LogP contribution is 2.34. The zero-order valence-corrected chi connectivity index (χ0v) is 13.6. The lowest BCUT2D eigenvalue weighted by Gasteiger charge is -2.43. The molecule has 6 heteroatoms. The van der Waals surface area contributed by atoms with Crippen molar-refractivity contribution in [1.82, 2.24) is 9.80 Å². The smallest absolute Gasteiger partial charge is 0.224 e. The summed E-state index contributed by atoms with van der Waals surface area (Å²) >= 11 is 0. The third-order valence-electron chi connectivity index (χ3n) is 4.82. The normalized spacial score (nSPS) is 23.5. The summed E-state index contributed by atoms with van der Waals surface area (Å²) in [5.41, 5.74) is 0.936. The summed E-state index contributed by atoms with van der Waals surface area (Å²) in [5, 5.41) is 0. The van der Waals surface area contributed by atoms with Crippen LogP contribution in [-0.4, -0.2) is 62.2 Å². The van der Waals surface area contributed by atoms with E-state index >= 15 is 0 Å². The molecule has 0 N–H and O–H groups in total. The molecule has 0 aliphatic carbocycles. The third kappa shape index (κ3) is 3.33. The van der Waals surface area contributed by atoms with Crippen molar-refractivity contribution in [2.45, 2.75) is 19.0 Å². The second kappa shape index (κ2) is 6.84. The number of rotatable bonds is 6. The van der Waals surface area contributed by atoms with Gasteiger partial charge in [0.05, 0.1) is 20.1 Å². The molecule has 2 saturated heterocycles. The molecule has 0 radical (unpaired) electrons. The lowest BCUT2D eigenvalue weighted by Crippen LogP contribution is -2.54. The monoisotopic (exact) mass is 322 g/mol. The van der Waals surface area contributed by atoms with Gasteiger partial charge >= 0.3 is 0 Å². The van der Waals surface area contributed by atoms with Crippen LogP contribution in [0.25, 0.3) is 0 Å². The fourth-order valence-electron chi connectivity index (χ4n) is 3.52. The zero-order valence-electron chi connectivity index (χ0n) is 13.6. The Morgan fingerprint density at radius 3 is 2.83 bits per heavy atom. The standard InChI is InChI=1S/C17H23FN2O3/c1-22-6-5-17(21)20-10-13-9-19(15(13)11-20)8-12-3-4-16(23-2)14(18)7-12/h3-4,7,13,15H,5-6,8-11H2,1-2H3/t13-,15-/m0/s1. The molecule has 2 aliphatic rings. The number of fused-ring (bicyclic) bond motifs is 1. The second-order valence-electron chi connectivity index (χ2n) is 6.27. The van der Waals surface area contributed by atoms with E-state index in [-0.39, 0.29) is 17.5 Å². The summed E-state index contributed by atoms with van der Waals surface area (Å²) in [6.07, 6.45) is 0.444. The number of amides is 1. The summed E-state index contributed by atoms with van der Waals surface area (Å²) in [5.74, 6) is 0.650. The maximum Gasteiger partial charge on any atom is 0.224 e. The van der Waals surface area contributed by atoms with Crippen molar-refractivity contribution in [2.75, 3.05) is 40.5 Å². The van der Waals surface area contributed by atoms with E-state index in [2.05, 4.69) is 4.90 Å². The Kier molecular flexibility index (Phi) is 4.82. The molecule has 23 heavy (non-hydrogen) atoms. The lowest BCUT2D eigenvalue weighted by atomic mass is 9.91. The van der Waals surface area contributed by atoms with E-state index in [1.807, 2.05) is 11.0 Å². The van der Waals surface area contributed by atoms with Crippen LogP contribution >= 0.6 is 0 Å². The van der Waals surface area contributed by atoms with Crippen LogP contribution in [0.1, 0.15) is 12.0 Å². The number of hydrogen-bond acceptors (Lipinski definition) is 4. The quantitative estimate of drug-likeness (QED) is 0.796. The van der Waals surface area contributed by atoms with Gasteiger partial charge in [-0.3, -0.25) is 9.69 Å². The minimum Gasteiger partial charge on any atom is -0.494 e. The molecule has 1 aromatic carbocycles. The number of carbonyl (C=O) groups excluding carboxylic acids is 1. The first-order valence-corrected chi connectivity index (χ1v) is 7.95. The third-order valence-corrected chi connectivity index (χ3v) is 4.82. The molecule has 0 spiro atoms. The van der Waals surface area contributed by atoms with Gasteiger partial charge in [-0.25, -0.2) is 4.39 Å². The van der Waals surface area contributed by atoms with E-state index in [9.17, 15) is 9.18 Å². The number of ether oxygens (including phenoxy) is 2. The lowest BCUT2D eigenvalue weighted by molar-refractivity contribution is -0.131. The molecular formula is C17H23FN2O3. The number of nitrogens with zero attached hydrogens (tertiary/aromatic N) is 2. The number of carbonyl (C=O) groups is 1. The van der Waals surface area contributed by atoms with E-state index < -0.39 is 0 Å². The summed E-state index contributed by atoms with van der Waals surface area (Å²) in [4.78, 5) is 16.3. The molecule has 1 amide bonds. The molecule has 0 saturated carbocycles. The van der Waals surface area contributed by atoms with Crippen LogP contribution in [0, 0.1) is 11.7 Å². The maximum atomic E-state index is 13.8. The van der Waals surface area contributed by atoms with Gasteiger partial charge in [0.1, 0.15) is 0 Å². The molecule has 2 fully saturated rings. The Balaban J connectivity index is 1.55. The van der Waals surface area contributed by atoms with E-state index in [0.717, 1.165) is 25.2 Å². The predicted octanol–water partition coefficient (Wildman–Crippen LogP) is 1.51. The van der Waals surface area contributed by atoms with Crippen LogP contribution in [0.15, 0.2) is 18.2 Å². The van der Waals surface area contributed by atoms with Crippen LogP contribution in [0.2, 0.25) is 0 Å². The van der Waals surface area contributed by atoms with Crippen LogP contribution in [-0.2, 0) is 16.1 Å². The van der Waals surface area contributed by atoms with E-state index in [1.54, 1.807) is 13.2 Å². The molecule has 126 valence electrons. The van der Waals surface area contributed by atoms with Gasteiger partial charge in [-0.1, -0.05) is 6.07 Å². The van der Waals surface area contributed by atoms with Gasteiger partial charge in [-0.2, -0.15) is 0 Å². The number of methoxy groups -OCH3 is 2. The van der Waals surface area contributed by atoms with Gasteiger partial charge in [-0.15, -0.1) is 0 Å². The number of likely N-dealkylation sites (tertiary alicyclic amines) is 2. The van der Waals surface area contributed by atoms with Gasteiger partial charge in [0.25, 0.3) is 0 Å². The van der Waals surface area contributed by atoms with Gasteiger partial charge < -0.3 is 14.4 Å². The molecule has 0 aromatic heterocycles. The Morgan fingerprint density at radius 2 is 2.13 bits per heavy atom. The average molecular weight is 322 g/mol. The highest BCUT2D eigenvalue weighted by molar-refractivity contribution is 5.76. The minimum atomic E-state index is -0.329. The number of benzene rings is 1. The fourth-order valence-corrected chi connectivity index (χ4v) is 3.52.